The highest BCUT2D eigenvalue weighted by molar-refractivity contribution is 5.85. The Kier molecular flexibility index (Phi) is 7.27. The van der Waals surface area contributed by atoms with Crippen molar-refractivity contribution in [3.63, 3.8) is 0 Å². The molecule has 1 fully saturated rings. The first-order chi connectivity index (χ1) is 9.26. The lowest BCUT2D eigenvalue weighted by Crippen LogP contribution is -2.45. The van der Waals surface area contributed by atoms with Gasteiger partial charge in [-0.1, -0.05) is 12.1 Å². The molecule has 1 aromatic carbocycles. The lowest BCUT2D eigenvalue weighted by atomic mass is 9.99. The molecular weight excluding hydrogens is 279 g/mol. The smallest absolute Gasteiger partial charge is 0.121 e. The van der Waals surface area contributed by atoms with Gasteiger partial charge in [0.25, 0.3) is 0 Å². The number of halogens is 2. The SMILES string of the molecule is COc1ccc([C@@H](CCF)N2CCNCC2)cc1C.Cl. The molecule has 0 aliphatic carbocycles. The van der Waals surface area contributed by atoms with E-state index in [4.69, 9.17) is 4.74 Å². The van der Waals surface area contributed by atoms with Gasteiger partial charge in [0.1, 0.15) is 5.75 Å². The van der Waals surface area contributed by atoms with E-state index in [2.05, 4.69) is 22.3 Å². The molecule has 2 rings (SSSR count). The predicted octanol–water partition coefficient (Wildman–Crippen LogP) is 2.73. The van der Waals surface area contributed by atoms with E-state index < -0.39 is 0 Å². The van der Waals surface area contributed by atoms with E-state index in [1.165, 1.54) is 5.56 Å². The number of rotatable bonds is 5. The molecule has 1 N–H and O–H groups in total. The molecule has 20 heavy (non-hydrogen) atoms. The standard InChI is InChI=1S/C15H23FN2O.ClH/c1-12-11-13(3-4-15(12)19-2)14(5-6-16)18-9-7-17-8-10-18;/h3-4,11,14,17H,5-10H2,1-2H3;1H/t14-;/m1./s1. The number of piperazine rings is 1. The second-order valence-corrected chi connectivity index (χ2v) is 5.01. The summed E-state index contributed by atoms with van der Waals surface area (Å²) in [6.45, 7) is 5.69. The molecule has 1 aromatic rings. The summed E-state index contributed by atoms with van der Waals surface area (Å²) in [7, 11) is 1.68. The molecule has 1 aliphatic heterocycles. The second-order valence-electron chi connectivity index (χ2n) is 5.01. The molecule has 0 unspecified atom stereocenters. The van der Waals surface area contributed by atoms with E-state index in [-0.39, 0.29) is 25.1 Å². The first-order valence-electron chi connectivity index (χ1n) is 6.91. The van der Waals surface area contributed by atoms with Gasteiger partial charge >= 0.3 is 0 Å². The minimum absolute atomic E-state index is 0. The summed E-state index contributed by atoms with van der Waals surface area (Å²) in [5, 5.41) is 3.34. The number of hydrogen-bond donors (Lipinski definition) is 1. The van der Waals surface area contributed by atoms with Gasteiger partial charge in [-0.15, -0.1) is 12.4 Å². The third kappa shape index (κ3) is 4.08. The highest BCUT2D eigenvalue weighted by atomic mass is 35.5. The first-order valence-corrected chi connectivity index (χ1v) is 6.91. The van der Waals surface area contributed by atoms with Crippen LogP contribution in [0.15, 0.2) is 18.2 Å². The summed E-state index contributed by atoms with van der Waals surface area (Å²) >= 11 is 0. The fraction of sp³-hybridized carbons (Fsp3) is 0.600. The molecule has 1 saturated heterocycles. The van der Waals surface area contributed by atoms with E-state index in [1.54, 1.807) is 7.11 Å². The van der Waals surface area contributed by atoms with Gasteiger partial charge in [0.15, 0.2) is 0 Å². The van der Waals surface area contributed by atoms with Crippen LogP contribution in [0.25, 0.3) is 0 Å². The van der Waals surface area contributed by atoms with Gasteiger partial charge in [-0.2, -0.15) is 0 Å². The molecule has 1 atom stereocenters. The van der Waals surface area contributed by atoms with Crippen molar-refractivity contribution in [2.75, 3.05) is 40.0 Å². The Balaban J connectivity index is 0.00000200. The zero-order valence-corrected chi connectivity index (χ0v) is 13.0. The van der Waals surface area contributed by atoms with E-state index >= 15 is 0 Å². The molecule has 1 heterocycles. The highest BCUT2D eigenvalue weighted by Crippen LogP contribution is 2.28. The molecular formula is C15H24ClFN2O. The average Bonchev–Trinajstić information content (AvgIpc) is 2.45. The first kappa shape index (κ1) is 17.2. The monoisotopic (exact) mass is 302 g/mol. The largest absolute Gasteiger partial charge is 0.496 e. The number of nitrogens with one attached hydrogen (secondary N) is 1. The Bertz CT molecular complexity index is 411. The van der Waals surface area contributed by atoms with Crippen LogP contribution >= 0.6 is 12.4 Å². The Morgan fingerprint density at radius 3 is 2.60 bits per heavy atom. The van der Waals surface area contributed by atoms with Crippen LogP contribution in [-0.2, 0) is 0 Å². The second kappa shape index (κ2) is 8.45. The van der Waals surface area contributed by atoms with Gasteiger partial charge in [0, 0.05) is 32.2 Å². The van der Waals surface area contributed by atoms with Crippen LogP contribution in [0.2, 0.25) is 0 Å². The fourth-order valence-corrected chi connectivity index (χ4v) is 2.77. The summed E-state index contributed by atoms with van der Waals surface area (Å²) in [5.41, 5.74) is 2.30. The fourth-order valence-electron chi connectivity index (χ4n) is 2.77. The molecule has 114 valence electrons. The molecule has 0 spiro atoms. The highest BCUT2D eigenvalue weighted by Gasteiger charge is 2.22. The van der Waals surface area contributed by atoms with Crippen LogP contribution in [-0.4, -0.2) is 44.9 Å². The number of benzene rings is 1. The summed E-state index contributed by atoms with van der Waals surface area (Å²) in [6.07, 6.45) is 0.561. The van der Waals surface area contributed by atoms with Gasteiger partial charge in [-0.3, -0.25) is 9.29 Å². The number of aryl methyl sites for hydroxylation is 1. The summed E-state index contributed by atoms with van der Waals surface area (Å²) < 4.78 is 18.2. The zero-order valence-electron chi connectivity index (χ0n) is 12.2. The molecule has 0 radical (unpaired) electrons. The molecule has 0 amide bonds. The lowest BCUT2D eigenvalue weighted by molar-refractivity contribution is 0.157. The quantitative estimate of drug-likeness (QED) is 0.905. The van der Waals surface area contributed by atoms with Gasteiger partial charge in [-0.05, 0) is 30.5 Å². The van der Waals surface area contributed by atoms with Crippen LogP contribution in [0.5, 0.6) is 5.75 Å². The average molecular weight is 303 g/mol. The van der Waals surface area contributed by atoms with Crippen molar-refractivity contribution in [2.24, 2.45) is 0 Å². The third-order valence-corrected chi connectivity index (χ3v) is 3.78. The van der Waals surface area contributed by atoms with Crippen molar-refractivity contribution in [3.8, 4) is 5.75 Å². The molecule has 5 heteroatoms. The van der Waals surface area contributed by atoms with Crippen molar-refractivity contribution < 1.29 is 9.13 Å². The number of hydrogen-bond acceptors (Lipinski definition) is 3. The van der Waals surface area contributed by atoms with Crippen molar-refractivity contribution >= 4 is 12.4 Å². The Morgan fingerprint density at radius 1 is 1.35 bits per heavy atom. The topological polar surface area (TPSA) is 24.5 Å². The molecule has 1 aliphatic rings. The molecule has 0 saturated carbocycles. The van der Waals surface area contributed by atoms with Gasteiger partial charge in [0.2, 0.25) is 0 Å². The minimum atomic E-state index is -0.278. The zero-order chi connectivity index (χ0) is 13.7. The van der Waals surface area contributed by atoms with Gasteiger partial charge in [0.05, 0.1) is 13.8 Å². The maximum absolute atomic E-state index is 12.9. The van der Waals surface area contributed by atoms with E-state index in [0.29, 0.717) is 6.42 Å². The lowest BCUT2D eigenvalue weighted by Gasteiger charge is -2.35. The van der Waals surface area contributed by atoms with Crippen LogP contribution in [0.1, 0.15) is 23.6 Å². The van der Waals surface area contributed by atoms with E-state index in [1.807, 2.05) is 13.0 Å². The molecule has 3 nitrogen and oxygen atoms in total. The van der Waals surface area contributed by atoms with Crippen LogP contribution in [0, 0.1) is 6.92 Å². The summed E-state index contributed by atoms with van der Waals surface area (Å²) in [5.74, 6) is 0.892. The number of ether oxygens (including phenoxy) is 1. The number of methoxy groups -OCH3 is 1. The van der Waals surface area contributed by atoms with Crippen molar-refractivity contribution in [3.05, 3.63) is 29.3 Å². The molecule has 0 aromatic heterocycles. The van der Waals surface area contributed by atoms with Crippen LogP contribution in [0.4, 0.5) is 4.39 Å². The predicted molar refractivity (Wildman–Crippen MR) is 82.8 cm³/mol. The number of nitrogens with zero attached hydrogens (tertiary/aromatic N) is 1. The van der Waals surface area contributed by atoms with E-state index in [9.17, 15) is 4.39 Å². The van der Waals surface area contributed by atoms with Crippen molar-refractivity contribution in [2.45, 2.75) is 19.4 Å². The van der Waals surface area contributed by atoms with Crippen molar-refractivity contribution in [1.82, 2.24) is 10.2 Å². The maximum Gasteiger partial charge on any atom is 0.121 e. The van der Waals surface area contributed by atoms with E-state index in [0.717, 1.165) is 37.5 Å². The summed E-state index contributed by atoms with van der Waals surface area (Å²) in [6, 6.07) is 6.35. The maximum atomic E-state index is 12.9. The van der Waals surface area contributed by atoms with Crippen LogP contribution in [0.3, 0.4) is 0 Å². The minimum Gasteiger partial charge on any atom is -0.496 e. The van der Waals surface area contributed by atoms with Crippen molar-refractivity contribution in [1.29, 1.82) is 0 Å². The normalized spacial score (nSPS) is 17.4. The molecule has 0 bridgehead atoms. The summed E-state index contributed by atoms with van der Waals surface area (Å²) in [4.78, 5) is 2.37. The Morgan fingerprint density at radius 2 is 2.05 bits per heavy atom. The van der Waals surface area contributed by atoms with Gasteiger partial charge in [-0.25, -0.2) is 0 Å². The Labute approximate surface area is 126 Å². The van der Waals surface area contributed by atoms with Crippen LogP contribution < -0.4 is 10.1 Å². The Hall–Kier alpha value is -0.840. The number of alkyl halides is 1. The third-order valence-electron chi connectivity index (χ3n) is 3.78. The van der Waals surface area contributed by atoms with Gasteiger partial charge < -0.3 is 10.1 Å².